The number of hydrogen-bond acceptors (Lipinski definition) is 3. The second kappa shape index (κ2) is 10.4. The van der Waals surface area contributed by atoms with Gasteiger partial charge in [-0.1, -0.05) is 42.0 Å². The largest absolute Gasteiger partial charge is 0.356 e. The number of nitrogens with zero attached hydrogens (tertiary/aromatic N) is 2. The summed E-state index contributed by atoms with van der Waals surface area (Å²) in [5.41, 5.74) is 2.63. The molecule has 0 bridgehead atoms. The molecule has 1 aliphatic heterocycles. The lowest BCUT2D eigenvalue weighted by atomic mass is 9.95. The van der Waals surface area contributed by atoms with Crippen molar-refractivity contribution in [2.45, 2.75) is 26.2 Å². The molecule has 1 heterocycles. The summed E-state index contributed by atoms with van der Waals surface area (Å²) in [7, 11) is 4.12. The van der Waals surface area contributed by atoms with Crippen molar-refractivity contribution in [1.82, 2.24) is 15.1 Å². The number of rotatable bonds is 8. The molecule has 1 N–H and O–H groups in total. The summed E-state index contributed by atoms with van der Waals surface area (Å²) in [6.07, 6.45) is 5.21. The molecule has 0 aromatic heterocycles. The van der Waals surface area contributed by atoms with E-state index in [0.29, 0.717) is 0 Å². The van der Waals surface area contributed by atoms with Crippen molar-refractivity contribution in [3.8, 4) is 0 Å². The lowest BCUT2D eigenvalue weighted by Crippen LogP contribution is -2.41. The summed E-state index contributed by atoms with van der Waals surface area (Å²) in [5, 5.41) is 3.10. The van der Waals surface area contributed by atoms with Crippen molar-refractivity contribution in [2.75, 3.05) is 46.8 Å². The number of benzene rings is 1. The van der Waals surface area contributed by atoms with Crippen LogP contribution in [0.3, 0.4) is 0 Å². The Morgan fingerprint density at radius 3 is 2.56 bits per heavy atom. The van der Waals surface area contributed by atoms with Crippen LogP contribution in [-0.2, 0) is 4.79 Å². The average molecular weight is 344 g/mol. The van der Waals surface area contributed by atoms with Gasteiger partial charge in [0, 0.05) is 19.0 Å². The van der Waals surface area contributed by atoms with Crippen LogP contribution < -0.4 is 5.32 Å². The van der Waals surface area contributed by atoms with Crippen LogP contribution in [-0.4, -0.2) is 62.5 Å². The zero-order chi connectivity index (χ0) is 18.1. The fourth-order valence-corrected chi connectivity index (χ4v) is 3.34. The van der Waals surface area contributed by atoms with Gasteiger partial charge in [0.05, 0.1) is 0 Å². The van der Waals surface area contributed by atoms with Gasteiger partial charge in [-0.05, 0) is 65.5 Å². The van der Waals surface area contributed by atoms with Crippen molar-refractivity contribution in [3.63, 3.8) is 0 Å². The predicted molar refractivity (Wildman–Crippen MR) is 105 cm³/mol. The van der Waals surface area contributed by atoms with Gasteiger partial charge in [0.15, 0.2) is 0 Å². The summed E-state index contributed by atoms with van der Waals surface area (Å²) >= 11 is 0. The summed E-state index contributed by atoms with van der Waals surface area (Å²) in [6.45, 7) is 7.01. The molecule has 1 aromatic rings. The van der Waals surface area contributed by atoms with Gasteiger partial charge in [-0.3, -0.25) is 9.69 Å². The van der Waals surface area contributed by atoms with Crippen molar-refractivity contribution in [2.24, 2.45) is 5.92 Å². The average Bonchev–Trinajstić information content (AvgIpc) is 2.60. The van der Waals surface area contributed by atoms with Crippen LogP contribution in [0.1, 0.15) is 31.7 Å². The second-order valence-corrected chi connectivity index (χ2v) is 7.40. The van der Waals surface area contributed by atoms with Gasteiger partial charge in [-0.15, -0.1) is 0 Å². The van der Waals surface area contributed by atoms with E-state index in [4.69, 9.17) is 0 Å². The molecule has 138 valence electrons. The number of likely N-dealkylation sites (tertiary alicyclic amines) is 1. The molecule has 1 aromatic carbocycles. The Bertz CT molecular complexity index is 546. The zero-order valence-electron chi connectivity index (χ0n) is 16.0. The standard InChI is InChI=1S/C21H33N3O/c1-18(16-19-8-5-4-6-9-19)17-24-14-10-20(11-15-24)21(25)22-12-7-13-23(2)3/h4-6,8-9,16,20H,7,10-15,17H2,1-3H3,(H,22,25)/b18-16+. The molecule has 2 rings (SSSR count). The first-order chi connectivity index (χ1) is 12.0. The number of piperidine rings is 1. The molecule has 0 saturated carbocycles. The number of hydrogen-bond donors (Lipinski definition) is 1. The number of carbonyl (C=O) groups is 1. The van der Waals surface area contributed by atoms with Crippen LogP contribution in [0, 0.1) is 5.92 Å². The van der Waals surface area contributed by atoms with Gasteiger partial charge in [-0.2, -0.15) is 0 Å². The normalized spacial score (nSPS) is 17.0. The van der Waals surface area contributed by atoms with Gasteiger partial charge in [0.1, 0.15) is 0 Å². The van der Waals surface area contributed by atoms with Gasteiger partial charge < -0.3 is 10.2 Å². The Hall–Kier alpha value is -1.65. The van der Waals surface area contributed by atoms with E-state index in [1.165, 1.54) is 11.1 Å². The molecule has 0 aliphatic carbocycles. The SMILES string of the molecule is C/C(=C\c1ccccc1)CN1CCC(C(=O)NCCCN(C)C)CC1. The van der Waals surface area contributed by atoms with E-state index in [0.717, 1.165) is 52.0 Å². The van der Waals surface area contributed by atoms with Gasteiger partial charge in [0.25, 0.3) is 0 Å². The maximum absolute atomic E-state index is 12.3. The predicted octanol–water partition coefficient (Wildman–Crippen LogP) is 2.87. The lowest BCUT2D eigenvalue weighted by molar-refractivity contribution is -0.126. The quantitative estimate of drug-likeness (QED) is 0.737. The third kappa shape index (κ3) is 7.41. The highest BCUT2D eigenvalue weighted by Gasteiger charge is 2.24. The maximum atomic E-state index is 12.3. The van der Waals surface area contributed by atoms with Crippen LogP contribution in [0.2, 0.25) is 0 Å². The van der Waals surface area contributed by atoms with E-state index >= 15 is 0 Å². The van der Waals surface area contributed by atoms with E-state index in [-0.39, 0.29) is 11.8 Å². The van der Waals surface area contributed by atoms with Crippen LogP contribution >= 0.6 is 0 Å². The molecule has 1 aliphatic rings. The highest BCUT2D eigenvalue weighted by molar-refractivity contribution is 5.78. The molecular formula is C21H33N3O. The lowest BCUT2D eigenvalue weighted by Gasteiger charge is -2.31. The Morgan fingerprint density at radius 1 is 1.24 bits per heavy atom. The molecule has 4 nitrogen and oxygen atoms in total. The van der Waals surface area contributed by atoms with Gasteiger partial charge in [0.2, 0.25) is 5.91 Å². The first-order valence-electron chi connectivity index (χ1n) is 9.41. The topological polar surface area (TPSA) is 35.6 Å². The minimum Gasteiger partial charge on any atom is -0.356 e. The molecule has 4 heteroatoms. The van der Waals surface area contributed by atoms with Crippen LogP contribution in [0.15, 0.2) is 35.9 Å². The Labute approximate surface area is 152 Å². The Balaban J connectivity index is 1.68. The molecule has 1 saturated heterocycles. The minimum atomic E-state index is 0.189. The molecule has 1 fully saturated rings. The summed E-state index contributed by atoms with van der Waals surface area (Å²) < 4.78 is 0. The zero-order valence-corrected chi connectivity index (χ0v) is 16.0. The smallest absolute Gasteiger partial charge is 0.223 e. The highest BCUT2D eigenvalue weighted by Crippen LogP contribution is 2.19. The monoisotopic (exact) mass is 343 g/mol. The fraction of sp³-hybridized carbons (Fsp3) is 0.571. The van der Waals surface area contributed by atoms with E-state index in [2.05, 4.69) is 66.5 Å². The van der Waals surface area contributed by atoms with Crippen LogP contribution in [0.5, 0.6) is 0 Å². The maximum Gasteiger partial charge on any atom is 0.223 e. The summed E-state index contributed by atoms with van der Waals surface area (Å²) in [5.74, 6) is 0.434. The minimum absolute atomic E-state index is 0.189. The van der Waals surface area contributed by atoms with Crippen molar-refractivity contribution in [1.29, 1.82) is 0 Å². The third-order valence-corrected chi connectivity index (χ3v) is 4.73. The molecule has 0 unspecified atom stereocenters. The third-order valence-electron chi connectivity index (χ3n) is 4.73. The molecule has 0 atom stereocenters. The van der Waals surface area contributed by atoms with Crippen molar-refractivity contribution in [3.05, 3.63) is 41.5 Å². The number of carbonyl (C=O) groups excluding carboxylic acids is 1. The van der Waals surface area contributed by atoms with E-state index in [1.54, 1.807) is 0 Å². The molecule has 0 radical (unpaired) electrons. The van der Waals surface area contributed by atoms with Gasteiger partial charge >= 0.3 is 0 Å². The van der Waals surface area contributed by atoms with Crippen molar-refractivity contribution >= 4 is 12.0 Å². The number of nitrogens with one attached hydrogen (secondary N) is 1. The number of amides is 1. The van der Waals surface area contributed by atoms with E-state index in [1.807, 2.05) is 6.07 Å². The second-order valence-electron chi connectivity index (χ2n) is 7.40. The highest BCUT2D eigenvalue weighted by atomic mass is 16.1. The molecule has 25 heavy (non-hydrogen) atoms. The summed E-state index contributed by atoms with van der Waals surface area (Å²) in [6, 6.07) is 10.5. The molecule has 0 spiro atoms. The summed E-state index contributed by atoms with van der Waals surface area (Å²) in [4.78, 5) is 16.9. The van der Waals surface area contributed by atoms with E-state index < -0.39 is 0 Å². The Kier molecular flexibility index (Phi) is 8.16. The van der Waals surface area contributed by atoms with E-state index in [9.17, 15) is 4.79 Å². The van der Waals surface area contributed by atoms with Crippen LogP contribution in [0.4, 0.5) is 0 Å². The molecular weight excluding hydrogens is 310 g/mol. The van der Waals surface area contributed by atoms with Crippen molar-refractivity contribution < 1.29 is 4.79 Å². The van der Waals surface area contributed by atoms with Crippen LogP contribution in [0.25, 0.3) is 6.08 Å². The first-order valence-corrected chi connectivity index (χ1v) is 9.41. The molecule has 1 amide bonds. The van der Waals surface area contributed by atoms with Gasteiger partial charge in [-0.25, -0.2) is 0 Å². The fourth-order valence-electron chi connectivity index (χ4n) is 3.34. The first kappa shape index (κ1) is 19.7. The Morgan fingerprint density at radius 2 is 1.92 bits per heavy atom.